The van der Waals surface area contributed by atoms with Gasteiger partial charge in [-0.15, -0.1) is 11.3 Å². The van der Waals surface area contributed by atoms with Crippen LogP contribution < -0.4 is 15.1 Å². The fourth-order valence-corrected chi connectivity index (χ4v) is 4.69. The molecule has 1 aliphatic heterocycles. The number of methoxy groups -OCH3 is 1. The van der Waals surface area contributed by atoms with E-state index in [4.69, 9.17) is 9.15 Å². The van der Waals surface area contributed by atoms with E-state index >= 15 is 0 Å². The summed E-state index contributed by atoms with van der Waals surface area (Å²) in [5, 5.41) is 2.70. The highest BCUT2D eigenvalue weighted by molar-refractivity contribution is 9.10. The van der Waals surface area contributed by atoms with Gasteiger partial charge in [-0.25, -0.2) is 4.98 Å². The van der Waals surface area contributed by atoms with E-state index < -0.39 is 6.04 Å². The lowest BCUT2D eigenvalue weighted by atomic mass is 9.99. The number of carbonyl (C=O) groups is 1. The van der Waals surface area contributed by atoms with Gasteiger partial charge in [0.25, 0.3) is 5.91 Å². The van der Waals surface area contributed by atoms with Crippen molar-refractivity contribution < 1.29 is 13.9 Å². The van der Waals surface area contributed by atoms with Crippen LogP contribution in [0, 0.1) is 0 Å². The van der Waals surface area contributed by atoms with Crippen molar-refractivity contribution in [1.29, 1.82) is 0 Å². The zero-order chi connectivity index (χ0) is 20.1. The predicted octanol–water partition coefficient (Wildman–Crippen LogP) is 4.77. The van der Waals surface area contributed by atoms with E-state index in [1.54, 1.807) is 29.8 Å². The first-order valence-corrected chi connectivity index (χ1v) is 10.4. The lowest BCUT2D eigenvalue weighted by Gasteiger charge is -2.22. The minimum Gasteiger partial charge on any atom is -0.497 e. The number of benzene rings is 2. The number of carbonyl (C=O) groups excluding carboxylic acids is 1. The Morgan fingerprint density at radius 1 is 1.21 bits per heavy atom. The Labute approximate surface area is 177 Å². The number of nitrogens with zero attached hydrogens (tertiary/aromatic N) is 2. The maximum absolute atomic E-state index is 13.4. The highest BCUT2D eigenvalue weighted by Crippen LogP contribution is 2.42. The first kappa shape index (κ1) is 18.1. The molecule has 1 aliphatic rings. The van der Waals surface area contributed by atoms with Crippen LogP contribution in [0.2, 0.25) is 0 Å². The summed E-state index contributed by atoms with van der Waals surface area (Å²) in [7, 11) is 1.53. The van der Waals surface area contributed by atoms with Crippen molar-refractivity contribution in [3.05, 3.63) is 85.6 Å². The van der Waals surface area contributed by atoms with Gasteiger partial charge in [0.2, 0.25) is 5.76 Å². The fourth-order valence-electron chi connectivity index (χ4n) is 3.60. The Hall–Kier alpha value is -2.97. The molecule has 0 N–H and O–H groups in total. The summed E-state index contributed by atoms with van der Waals surface area (Å²) in [4.78, 5) is 32.6. The maximum Gasteiger partial charge on any atom is 0.297 e. The van der Waals surface area contributed by atoms with Crippen LogP contribution in [0.1, 0.15) is 27.7 Å². The number of hydrogen-bond acceptors (Lipinski definition) is 6. The molecule has 0 saturated carbocycles. The Morgan fingerprint density at radius 3 is 2.79 bits per heavy atom. The van der Waals surface area contributed by atoms with Crippen LogP contribution >= 0.6 is 27.3 Å². The van der Waals surface area contributed by atoms with Gasteiger partial charge in [-0.3, -0.25) is 14.5 Å². The van der Waals surface area contributed by atoms with Gasteiger partial charge in [0.1, 0.15) is 11.3 Å². The van der Waals surface area contributed by atoms with E-state index in [2.05, 4.69) is 20.9 Å². The van der Waals surface area contributed by atoms with E-state index in [1.807, 2.05) is 24.3 Å². The number of aromatic nitrogens is 1. The van der Waals surface area contributed by atoms with Crippen molar-refractivity contribution in [2.24, 2.45) is 0 Å². The molecule has 8 heteroatoms. The molecular formula is C21H13BrN2O4S. The van der Waals surface area contributed by atoms with Crippen LogP contribution in [0.15, 0.2) is 67.7 Å². The summed E-state index contributed by atoms with van der Waals surface area (Å²) < 4.78 is 12.0. The number of amides is 1. The van der Waals surface area contributed by atoms with Crippen molar-refractivity contribution in [2.75, 3.05) is 12.0 Å². The van der Waals surface area contributed by atoms with Gasteiger partial charge in [0.15, 0.2) is 10.6 Å². The molecule has 6 nitrogen and oxygen atoms in total. The summed E-state index contributed by atoms with van der Waals surface area (Å²) in [6.07, 6.45) is 1.63. The van der Waals surface area contributed by atoms with Crippen molar-refractivity contribution in [3.63, 3.8) is 0 Å². The third-order valence-corrected chi connectivity index (χ3v) is 6.13. The standard InChI is InChI=1S/C21H13BrN2O4S/c1-27-13-5-6-14-15(10-13)28-19-16(18(14)25)17(11-3-2-4-12(22)9-11)24(20(19)26)21-23-7-8-29-21/h2-10,17H,1H3/t17-/m0/s1. The number of thiazole rings is 1. The molecule has 2 aromatic carbocycles. The van der Waals surface area contributed by atoms with Crippen LogP contribution in [-0.2, 0) is 0 Å². The van der Waals surface area contributed by atoms with Crippen LogP contribution in [0.3, 0.4) is 0 Å². The third kappa shape index (κ3) is 2.79. The molecule has 0 spiro atoms. The lowest BCUT2D eigenvalue weighted by molar-refractivity contribution is 0.0971. The van der Waals surface area contributed by atoms with Crippen LogP contribution in [0.5, 0.6) is 5.75 Å². The van der Waals surface area contributed by atoms with Gasteiger partial charge in [0, 0.05) is 22.1 Å². The molecule has 0 bridgehead atoms. The number of rotatable bonds is 3. The quantitative estimate of drug-likeness (QED) is 0.432. The summed E-state index contributed by atoms with van der Waals surface area (Å²) in [6, 6.07) is 11.9. The molecule has 29 heavy (non-hydrogen) atoms. The third-order valence-electron chi connectivity index (χ3n) is 4.87. The van der Waals surface area contributed by atoms with E-state index in [9.17, 15) is 9.59 Å². The van der Waals surface area contributed by atoms with Gasteiger partial charge < -0.3 is 9.15 Å². The summed E-state index contributed by atoms with van der Waals surface area (Å²) >= 11 is 4.81. The zero-order valence-corrected chi connectivity index (χ0v) is 17.5. The largest absolute Gasteiger partial charge is 0.497 e. The number of fused-ring (bicyclic) bond motifs is 2. The lowest BCUT2D eigenvalue weighted by Crippen LogP contribution is -2.29. The van der Waals surface area contributed by atoms with Crippen molar-refractivity contribution in [2.45, 2.75) is 6.04 Å². The Balaban J connectivity index is 1.82. The smallest absolute Gasteiger partial charge is 0.297 e. The molecule has 1 atom stereocenters. The second-order valence-corrected chi connectivity index (χ2v) is 8.27. The average Bonchev–Trinajstić information content (AvgIpc) is 3.34. The number of halogens is 1. The van der Waals surface area contributed by atoms with Gasteiger partial charge in [0.05, 0.1) is 24.1 Å². The summed E-state index contributed by atoms with van der Waals surface area (Å²) in [6.45, 7) is 0. The number of hydrogen-bond donors (Lipinski definition) is 0. The van der Waals surface area contributed by atoms with E-state index in [0.29, 0.717) is 27.4 Å². The van der Waals surface area contributed by atoms with Crippen LogP contribution in [0.4, 0.5) is 5.13 Å². The normalized spacial score (nSPS) is 15.7. The van der Waals surface area contributed by atoms with Crippen molar-refractivity contribution in [3.8, 4) is 5.75 Å². The van der Waals surface area contributed by atoms with Gasteiger partial charge in [-0.2, -0.15) is 0 Å². The van der Waals surface area contributed by atoms with Crippen LogP contribution in [0.25, 0.3) is 11.0 Å². The first-order chi connectivity index (χ1) is 14.1. The highest BCUT2D eigenvalue weighted by atomic mass is 79.9. The fraction of sp³-hybridized carbons (Fsp3) is 0.0952. The van der Waals surface area contributed by atoms with Gasteiger partial charge >= 0.3 is 0 Å². The molecule has 3 heterocycles. The van der Waals surface area contributed by atoms with E-state index in [1.165, 1.54) is 23.3 Å². The molecule has 2 aromatic heterocycles. The SMILES string of the molecule is COc1ccc2c(=O)c3c(oc2c1)C(=O)N(c1nccs1)[C@H]3c1cccc(Br)c1. The monoisotopic (exact) mass is 468 g/mol. The summed E-state index contributed by atoms with van der Waals surface area (Å²) in [5.41, 5.74) is 1.19. The number of ether oxygens (including phenoxy) is 1. The molecule has 0 fully saturated rings. The molecule has 5 rings (SSSR count). The molecule has 4 aromatic rings. The predicted molar refractivity (Wildman–Crippen MR) is 114 cm³/mol. The topological polar surface area (TPSA) is 72.6 Å². The molecular weight excluding hydrogens is 456 g/mol. The van der Waals surface area contributed by atoms with Crippen LogP contribution in [-0.4, -0.2) is 18.0 Å². The van der Waals surface area contributed by atoms with E-state index in [0.717, 1.165) is 10.0 Å². The Kier molecular flexibility index (Phi) is 4.25. The van der Waals surface area contributed by atoms with Crippen molar-refractivity contribution >= 4 is 49.3 Å². The van der Waals surface area contributed by atoms with Crippen molar-refractivity contribution in [1.82, 2.24) is 4.98 Å². The molecule has 0 unspecified atom stereocenters. The van der Waals surface area contributed by atoms with Gasteiger partial charge in [-0.05, 0) is 29.8 Å². The van der Waals surface area contributed by atoms with Gasteiger partial charge in [-0.1, -0.05) is 28.1 Å². The minimum atomic E-state index is -0.621. The second-order valence-electron chi connectivity index (χ2n) is 6.48. The molecule has 0 aliphatic carbocycles. The second kappa shape index (κ2) is 6.82. The highest BCUT2D eigenvalue weighted by Gasteiger charge is 2.44. The maximum atomic E-state index is 13.4. The Morgan fingerprint density at radius 2 is 2.07 bits per heavy atom. The molecule has 0 saturated heterocycles. The summed E-state index contributed by atoms with van der Waals surface area (Å²) in [5.74, 6) is 0.198. The first-order valence-electron chi connectivity index (χ1n) is 8.71. The zero-order valence-electron chi connectivity index (χ0n) is 15.1. The Bertz CT molecular complexity index is 1320. The van der Waals surface area contributed by atoms with E-state index in [-0.39, 0.29) is 17.1 Å². The molecule has 1 amide bonds. The minimum absolute atomic E-state index is 0.0379. The number of anilines is 1. The molecule has 0 radical (unpaired) electrons. The molecule has 144 valence electrons. The average molecular weight is 469 g/mol.